The van der Waals surface area contributed by atoms with E-state index in [9.17, 15) is 17.6 Å². The molecule has 32 heavy (non-hydrogen) atoms. The van der Waals surface area contributed by atoms with E-state index in [0.29, 0.717) is 64.7 Å². The van der Waals surface area contributed by atoms with Crippen LogP contribution in [0.5, 0.6) is 0 Å². The number of hydrogen-bond acceptors (Lipinski definition) is 7. The van der Waals surface area contributed by atoms with Crippen LogP contribution < -0.4 is 4.90 Å². The SMILES string of the molecule is O=C(CN1CCCN(S(=O)(=O)c2ccc(F)cc2)CC1)N1CCN(c2ncccn2)CC1. The average molecular weight is 463 g/mol. The second-order valence-electron chi connectivity index (χ2n) is 7.90. The molecule has 1 aromatic carbocycles. The van der Waals surface area contributed by atoms with E-state index in [4.69, 9.17) is 0 Å². The first-order valence-electron chi connectivity index (χ1n) is 10.7. The second-order valence-corrected chi connectivity index (χ2v) is 9.84. The van der Waals surface area contributed by atoms with Crippen molar-refractivity contribution in [2.45, 2.75) is 11.3 Å². The predicted molar refractivity (Wildman–Crippen MR) is 117 cm³/mol. The molecular weight excluding hydrogens is 435 g/mol. The number of carbonyl (C=O) groups is 1. The normalized spacial score (nSPS) is 19.0. The number of aromatic nitrogens is 2. The lowest BCUT2D eigenvalue weighted by Crippen LogP contribution is -2.52. The molecule has 172 valence electrons. The molecule has 0 bridgehead atoms. The fourth-order valence-corrected chi connectivity index (χ4v) is 5.47. The molecule has 2 aromatic rings. The third-order valence-electron chi connectivity index (χ3n) is 5.83. The largest absolute Gasteiger partial charge is 0.338 e. The highest BCUT2D eigenvalue weighted by atomic mass is 32.2. The summed E-state index contributed by atoms with van der Waals surface area (Å²) < 4.78 is 40.3. The van der Waals surface area contributed by atoms with Gasteiger partial charge in [0.15, 0.2) is 0 Å². The van der Waals surface area contributed by atoms with Gasteiger partial charge in [-0.3, -0.25) is 9.69 Å². The van der Waals surface area contributed by atoms with E-state index in [1.807, 2.05) is 9.80 Å². The summed E-state index contributed by atoms with van der Waals surface area (Å²) >= 11 is 0. The van der Waals surface area contributed by atoms with Gasteiger partial charge < -0.3 is 9.80 Å². The molecule has 1 aromatic heterocycles. The van der Waals surface area contributed by atoms with Gasteiger partial charge in [-0.05, 0) is 43.3 Å². The Kier molecular flexibility index (Phi) is 6.97. The first-order valence-corrected chi connectivity index (χ1v) is 12.2. The molecule has 2 aliphatic heterocycles. The van der Waals surface area contributed by atoms with E-state index >= 15 is 0 Å². The number of anilines is 1. The number of benzene rings is 1. The number of hydrogen-bond donors (Lipinski definition) is 0. The number of rotatable bonds is 5. The highest BCUT2D eigenvalue weighted by Gasteiger charge is 2.29. The molecule has 4 rings (SSSR count). The zero-order valence-corrected chi connectivity index (χ0v) is 18.6. The predicted octanol–water partition coefficient (Wildman–Crippen LogP) is 0.661. The van der Waals surface area contributed by atoms with Crippen molar-refractivity contribution in [1.29, 1.82) is 0 Å². The van der Waals surface area contributed by atoms with Gasteiger partial charge >= 0.3 is 0 Å². The first kappa shape index (κ1) is 22.6. The summed E-state index contributed by atoms with van der Waals surface area (Å²) in [5, 5.41) is 0. The van der Waals surface area contributed by atoms with Crippen molar-refractivity contribution in [3.8, 4) is 0 Å². The Hall–Kier alpha value is -2.63. The van der Waals surface area contributed by atoms with Gasteiger partial charge in [0.2, 0.25) is 21.9 Å². The number of carbonyl (C=O) groups excluding carboxylic acids is 1. The van der Waals surface area contributed by atoms with E-state index in [1.54, 1.807) is 18.5 Å². The summed E-state index contributed by atoms with van der Waals surface area (Å²) in [6.07, 6.45) is 4.05. The van der Waals surface area contributed by atoms with Crippen molar-refractivity contribution in [3.05, 3.63) is 48.5 Å². The molecule has 0 saturated carbocycles. The van der Waals surface area contributed by atoms with Crippen molar-refractivity contribution in [2.75, 3.05) is 63.8 Å². The number of sulfonamides is 1. The molecule has 0 aliphatic carbocycles. The second kappa shape index (κ2) is 9.88. The molecule has 0 spiro atoms. The summed E-state index contributed by atoms with van der Waals surface area (Å²) in [5.41, 5.74) is 0. The van der Waals surface area contributed by atoms with Crippen LogP contribution in [0, 0.1) is 5.82 Å². The lowest BCUT2D eigenvalue weighted by molar-refractivity contribution is -0.132. The van der Waals surface area contributed by atoms with E-state index in [2.05, 4.69) is 14.9 Å². The molecule has 11 heteroatoms. The maximum atomic E-state index is 13.2. The quantitative estimate of drug-likeness (QED) is 0.645. The Morgan fingerprint density at radius 2 is 1.59 bits per heavy atom. The summed E-state index contributed by atoms with van der Waals surface area (Å²) in [5.74, 6) is 0.254. The van der Waals surface area contributed by atoms with Crippen LogP contribution in [0.25, 0.3) is 0 Å². The molecule has 0 atom stereocenters. The Bertz CT molecular complexity index is 1010. The maximum Gasteiger partial charge on any atom is 0.243 e. The Labute approximate surface area is 187 Å². The maximum absolute atomic E-state index is 13.2. The number of amides is 1. The average Bonchev–Trinajstić information content (AvgIpc) is 3.06. The zero-order chi connectivity index (χ0) is 22.6. The van der Waals surface area contributed by atoms with Gasteiger partial charge in [-0.2, -0.15) is 4.31 Å². The molecular formula is C21H27FN6O3S. The fourth-order valence-electron chi connectivity index (χ4n) is 4.00. The van der Waals surface area contributed by atoms with Crippen molar-refractivity contribution in [2.24, 2.45) is 0 Å². The summed E-state index contributed by atoms with van der Waals surface area (Å²) in [6, 6.07) is 6.66. The lowest BCUT2D eigenvalue weighted by atomic mass is 10.3. The minimum Gasteiger partial charge on any atom is -0.338 e. The van der Waals surface area contributed by atoms with Crippen molar-refractivity contribution < 1.29 is 17.6 Å². The smallest absolute Gasteiger partial charge is 0.243 e. The Morgan fingerprint density at radius 1 is 0.906 bits per heavy atom. The molecule has 1 amide bonds. The molecule has 2 saturated heterocycles. The van der Waals surface area contributed by atoms with Crippen LogP contribution >= 0.6 is 0 Å². The van der Waals surface area contributed by atoms with Crippen LogP contribution in [0.1, 0.15) is 6.42 Å². The van der Waals surface area contributed by atoms with Gasteiger partial charge in [-0.1, -0.05) is 0 Å². The third-order valence-corrected chi connectivity index (χ3v) is 7.74. The minimum absolute atomic E-state index is 0.0495. The van der Waals surface area contributed by atoms with Crippen LogP contribution in [-0.2, 0) is 14.8 Å². The Balaban J connectivity index is 1.29. The van der Waals surface area contributed by atoms with E-state index in [0.717, 1.165) is 12.1 Å². The molecule has 0 N–H and O–H groups in total. The summed E-state index contributed by atoms with van der Waals surface area (Å²) in [4.78, 5) is 27.3. The lowest BCUT2D eigenvalue weighted by Gasteiger charge is -2.35. The van der Waals surface area contributed by atoms with Gasteiger partial charge in [0.1, 0.15) is 5.82 Å². The standard InChI is InChI=1S/C21H27FN6O3S/c22-18-3-5-19(6-4-18)32(30,31)28-10-2-9-25(11-16-28)17-20(29)26-12-14-27(15-13-26)21-23-7-1-8-24-21/h1,3-8H,2,9-17H2. The molecule has 2 fully saturated rings. The highest BCUT2D eigenvalue weighted by Crippen LogP contribution is 2.18. The third kappa shape index (κ3) is 5.22. The van der Waals surface area contributed by atoms with Crippen LogP contribution in [-0.4, -0.2) is 97.3 Å². The van der Waals surface area contributed by atoms with Gasteiger partial charge in [0.25, 0.3) is 0 Å². The van der Waals surface area contributed by atoms with Crippen LogP contribution in [0.2, 0.25) is 0 Å². The summed E-state index contributed by atoms with van der Waals surface area (Å²) in [6.45, 7) is 4.65. The van der Waals surface area contributed by atoms with Crippen LogP contribution in [0.4, 0.5) is 10.3 Å². The van der Waals surface area contributed by atoms with Crippen LogP contribution in [0.3, 0.4) is 0 Å². The van der Waals surface area contributed by atoms with Gasteiger partial charge in [-0.15, -0.1) is 0 Å². The fraction of sp³-hybridized carbons (Fsp3) is 0.476. The van der Waals surface area contributed by atoms with Gasteiger partial charge in [-0.25, -0.2) is 22.8 Å². The Morgan fingerprint density at radius 3 is 2.28 bits per heavy atom. The molecule has 0 unspecified atom stereocenters. The van der Waals surface area contributed by atoms with Crippen molar-refractivity contribution in [3.63, 3.8) is 0 Å². The summed E-state index contributed by atoms with van der Waals surface area (Å²) in [7, 11) is -3.68. The minimum atomic E-state index is -3.68. The van der Waals surface area contributed by atoms with E-state index < -0.39 is 15.8 Å². The van der Waals surface area contributed by atoms with E-state index in [1.165, 1.54) is 16.4 Å². The molecule has 3 heterocycles. The number of piperazine rings is 1. The zero-order valence-electron chi connectivity index (χ0n) is 17.8. The molecule has 9 nitrogen and oxygen atoms in total. The molecule has 0 radical (unpaired) electrons. The van der Waals surface area contributed by atoms with Crippen molar-refractivity contribution in [1.82, 2.24) is 24.1 Å². The number of nitrogens with zero attached hydrogens (tertiary/aromatic N) is 6. The first-order chi connectivity index (χ1) is 15.4. The van der Waals surface area contributed by atoms with E-state index in [-0.39, 0.29) is 17.3 Å². The highest BCUT2D eigenvalue weighted by molar-refractivity contribution is 7.89. The van der Waals surface area contributed by atoms with Gasteiger partial charge in [0.05, 0.1) is 11.4 Å². The van der Waals surface area contributed by atoms with Crippen molar-refractivity contribution >= 4 is 21.9 Å². The molecule has 2 aliphatic rings. The van der Waals surface area contributed by atoms with Gasteiger partial charge in [0, 0.05) is 58.2 Å². The number of halogens is 1. The van der Waals surface area contributed by atoms with Crippen LogP contribution in [0.15, 0.2) is 47.6 Å². The topological polar surface area (TPSA) is 90.0 Å². The monoisotopic (exact) mass is 462 g/mol.